The molecule has 6 heteroatoms. The number of aromatic nitrogens is 2. The molecule has 0 spiro atoms. The molecule has 1 aliphatic rings. The topological polar surface area (TPSA) is 71.3 Å². The predicted octanol–water partition coefficient (Wildman–Crippen LogP) is 1.93. The number of carbonyl (C=O) groups excluding carboxylic acids is 1. The summed E-state index contributed by atoms with van der Waals surface area (Å²) in [6.07, 6.45) is 2.81. The largest absolute Gasteiger partial charge is 0.343 e. The van der Waals surface area contributed by atoms with Crippen molar-refractivity contribution in [3.05, 3.63) is 11.7 Å². The third-order valence-corrected chi connectivity index (χ3v) is 4.34. The molecule has 1 N–H and O–H groups in total. The Bertz CT molecular complexity index is 474. The Morgan fingerprint density at radius 3 is 2.86 bits per heavy atom. The number of hydrogen-bond donors (Lipinski definition) is 1. The Hall–Kier alpha value is -1.43. The maximum Gasteiger partial charge on any atom is 0.243 e. The van der Waals surface area contributed by atoms with Crippen LogP contribution in [0.2, 0.25) is 0 Å². The van der Waals surface area contributed by atoms with Gasteiger partial charge in [-0.15, -0.1) is 0 Å². The molecule has 0 bridgehead atoms. The molecule has 1 aromatic heterocycles. The molecule has 1 aliphatic heterocycles. The molecule has 3 atom stereocenters. The minimum atomic E-state index is 0.0423. The van der Waals surface area contributed by atoms with E-state index in [0.29, 0.717) is 17.9 Å². The van der Waals surface area contributed by atoms with Crippen LogP contribution >= 0.6 is 0 Å². The summed E-state index contributed by atoms with van der Waals surface area (Å²) in [6.45, 7) is 9.54. The minimum Gasteiger partial charge on any atom is -0.343 e. The van der Waals surface area contributed by atoms with Crippen molar-refractivity contribution in [2.24, 2.45) is 5.92 Å². The zero-order chi connectivity index (χ0) is 15.4. The summed E-state index contributed by atoms with van der Waals surface area (Å²) in [7, 11) is 0. The van der Waals surface area contributed by atoms with Crippen LogP contribution in [0.15, 0.2) is 4.52 Å². The van der Waals surface area contributed by atoms with Gasteiger partial charge in [0.05, 0.1) is 6.04 Å². The number of piperidine rings is 1. The lowest BCUT2D eigenvalue weighted by molar-refractivity contribution is -0.131. The van der Waals surface area contributed by atoms with E-state index in [1.807, 2.05) is 11.8 Å². The van der Waals surface area contributed by atoms with Crippen LogP contribution < -0.4 is 5.32 Å². The van der Waals surface area contributed by atoms with Crippen molar-refractivity contribution in [1.82, 2.24) is 20.4 Å². The fourth-order valence-electron chi connectivity index (χ4n) is 2.93. The first-order valence-corrected chi connectivity index (χ1v) is 7.89. The predicted molar refractivity (Wildman–Crippen MR) is 79.7 cm³/mol. The lowest BCUT2D eigenvalue weighted by atomic mass is 9.89. The molecular weight excluding hydrogens is 268 g/mol. The fraction of sp³-hybridized carbons (Fsp3) is 0.800. The first-order valence-electron chi connectivity index (χ1n) is 7.89. The normalized spacial score (nSPS) is 24.1. The van der Waals surface area contributed by atoms with Crippen LogP contribution in [-0.4, -0.2) is 40.1 Å². The van der Waals surface area contributed by atoms with Crippen molar-refractivity contribution < 1.29 is 9.32 Å². The van der Waals surface area contributed by atoms with Gasteiger partial charge in [0.25, 0.3) is 0 Å². The molecule has 1 amide bonds. The van der Waals surface area contributed by atoms with Crippen molar-refractivity contribution >= 4 is 5.91 Å². The Kier molecular flexibility index (Phi) is 5.33. The third-order valence-electron chi connectivity index (χ3n) is 4.34. The Balaban J connectivity index is 1.96. The number of rotatable bonds is 5. The maximum absolute atomic E-state index is 11.5. The zero-order valence-electron chi connectivity index (χ0n) is 13.4. The van der Waals surface area contributed by atoms with E-state index < -0.39 is 0 Å². The summed E-state index contributed by atoms with van der Waals surface area (Å²) in [5, 5.41) is 7.54. The second kappa shape index (κ2) is 7.02. The van der Waals surface area contributed by atoms with Gasteiger partial charge in [-0.3, -0.25) is 4.79 Å². The van der Waals surface area contributed by atoms with Gasteiger partial charge in [0, 0.05) is 32.5 Å². The number of nitrogens with one attached hydrogen (secondary N) is 1. The number of carbonyl (C=O) groups is 1. The van der Waals surface area contributed by atoms with Gasteiger partial charge < -0.3 is 14.7 Å². The summed E-state index contributed by atoms with van der Waals surface area (Å²) < 4.78 is 5.30. The lowest BCUT2D eigenvalue weighted by Crippen LogP contribution is -2.50. The summed E-state index contributed by atoms with van der Waals surface area (Å²) in [5.41, 5.74) is 0. The molecule has 118 valence electrons. The second-order valence-corrected chi connectivity index (χ2v) is 5.82. The van der Waals surface area contributed by atoms with E-state index in [1.165, 1.54) is 0 Å². The first kappa shape index (κ1) is 15.9. The van der Waals surface area contributed by atoms with Crippen LogP contribution in [0.5, 0.6) is 0 Å². The van der Waals surface area contributed by atoms with E-state index in [2.05, 4.69) is 29.3 Å². The first-order chi connectivity index (χ1) is 10.0. The van der Waals surface area contributed by atoms with Crippen LogP contribution in [0.3, 0.4) is 0 Å². The molecule has 1 saturated heterocycles. The smallest absolute Gasteiger partial charge is 0.243 e. The second-order valence-electron chi connectivity index (χ2n) is 5.82. The molecule has 0 aliphatic carbocycles. The Morgan fingerprint density at radius 2 is 2.29 bits per heavy atom. The van der Waals surface area contributed by atoms with E-state index in [9.17, 15) is 4.79 Å². The zero-order valence-corrected chi connectivity index (χ0v) is 13.4. The summed E-state index contributed by atoms with van der Waals surface area (Å²) in [5.74, 6) is 2.04. The molecule has 0 saturated carbocycles. The van der Waals surface area contributed by atoms with Crippen LogP contribution in [0.25, 0.3) is 0 Å². The van der Waals surface area contributed by atoms with Gasteiger partial charge in [-0.25, -0.2) is 0 Å². The molecule has 2 heterocycles. The van der Waals surface area contributed by atoms with Crippen LogP contribution in [-0.2, 0) is 11.2 Å². The van der Waals surface area contributed by atoms with Gasteiger partial charge in [-0.1, -0.05) is 25.4 Å². The number of amides is 1. The van der Waals surface area contributed by atoms with Gasteiger partial charge in [-0.05, 0) is 19.3 Å². The minimum absolute atomic E-state index is 0.0423. The van der Waals surface area contributed by atoms with Crippen molar-refractivity contribution in [2.75, 3.05) is 13.1 Å². The number of likely N-dealkylation sites (tertiary alicyclic amines) is 1. The Morgan fingerprint density at radius 1 is 1.52 bits per heavy atom. The van der Waals surface area contributed by atoms with E-state index >= 15 is 0 Å². The maximum atomic E-state index is 11.5. The summed E-state index contributed by atoms with van der Waals surface area (Å²) >= 11 is 0. The van der Waals surface area contributed by atoms with Gasteiger partial charge >= 0.3 is 0 Å². The molecule has 0 radical (unpaired) electrons. The van der Waals surface area contributed by atoms with Crippen LogP contribution in [0.1, 0.15) is 58.3 Å². The van der Waals surface area contributed by atoms with E-state index in [4.69, 9.17) is 4.52 Å². The molecule has 21 heavy (non-hydrogen) atoms. The molecule has 0 aromatic carbocycles. The van der Waals surface area contributed by atoms with E-state index in [1.54, 1.807) is 6.92 Å². The molecule has 1 aromatic rings. The van der Waals surface area contributed by atoms with Crippen molar-refractivity contribution in [3.8, 4) is 0 Å². The summed E-state index contributed by atoms with van der Waals surface area (Å²) in [6, 6.07) is 0.429. The average Bonchev–Trinajstić information content (AvgIpc) is 2.96. The fourth-order valence-corrected chi connectivity index (χ4v) is 2.93. The molecule has 0 unspecified atom stereocenters. The van der Waals surface area contributed by atoms with Gasteiger partial charge in [0.15, 0.2) is 5.82 Å². The van der Waals surface area contributed by atoms with Gasteiger partial charge in [-0.2, -0.15) is 4.98 Å². The lowest BCUT2D eigenvalue weighted by Gasteiger charge is -2.39. The molecule has 1 fully saturated rings. The highest BCUT2D eigenvalue weighted by Gasteiger charge is 2.30. The van der Waals surface area contributed by atoms with E-state index in [0.717, 1.165) is 38.2 Å². The van der Waals surface area contributed by atoms with Crippen molar-refractivity contribution in [2.45, 2.75) is 59.0 Å². The average molecular weight is 294 g/mol. The van der Waals surface area contributed by atoms with Crippen LogP contribution in [0, 0.1) is 5.92 Å². The third kappa shape index (κ3) is 3.81. The van der Waals surface area contributed by atoms with Gasteiger partial charge in [0.1, 0.15) is 0 Å². The standard InChI is InChI=1S/C15H26N4O2/c1-5-12-9-19(11(4)20)8-7-13(12)16-10(3)15-17-14(6-2)18-21-15/h10,12-13,16H,5-9H2,1-4H3/t10-,12-,13+/m0/s1. The van der Waals surface area contributed by atoms with E-state index in [-0.39, 0.29) is 11.9 Å². The number of nitrogens with zero attached hydrogens (tertiary/aromatic N) is 3. The SMILES string of the molecule is CCc1noc([C@H](C)N[C@@H]2CCN(C(C)=O)C[C@@H]2CC)n1. The highest BCUT2D eigenvalue weighted by molar-refractivity contribution is 5.73. The van der Waals surface area contributed by atoms with Crippen molar-refractivity contribution in [3.63, 3.8) is 0 Å². The molecular formula is C15H26N4O2. The van der Waals surface area contributed by atoms with Crippen molar-refractivity contribution in [1.29, 1.82) is 0 Å². The number of hydrogen-bond acceptors (Lipinski definition) is 5. The Labute approximate surface area is 126 Å². The highest BCUT2D eigenvalue weighted by atomic mass is 16.5. The summed E-state index contributed by atoms with van der Waals surface area (Å²) in [4.78, 5) is 17.8. The monoisotopic (exact) mass is 294 g/mol. The highest BCUT2D eigenvalue weighted by Crippen LogP contribution is 2.23. The quantitative estimate of drug-likeness (QED) is 0.898. The van der Waals surface area contributed by atoms with Gasteiger partial charge in [0.2, 0.25) is 11.8 Å². The van der Waals surface area contributed by atoms with Crippen LogP contribution in [0.4, 0.5) is 0 Å². The molecule has 2 rings (SSSR count). The molecule has 6 nitrogen and oxygen atoms in total. The number of aryl methyl sites for hydroxylation is 1.